The molecule has 0 spiro atoms. The average molecular weight is 467 g/mol. The van der Waals surface area contributed by atoms with Gasteiger partial charge in [0.05, 0.1) is 11.8 Å². The Balaban J connectivity index is 0.00000312. The Morgan fingerprint density at radius 3 is 2.40 bits per heavy atom. The van der Waals surface area contributed by atoms with Gasteiger partial charge in [0, 0.05) is 13.1 Å². The molecular weight excluding hydrogens is 446 g/mol. The van der Waals surface area contributed by atoms with Gasteiger partial charge < -0.3 is 15.1 Å². The first-order valence-corrected chi connectivity index (χ1v) is 7.69. The largest absolute Gasteiger partial charge is 0.467 e. The third kappa shape index (κ3) is 7.37. The lowest BCUT2D eigenvalue weighted by Crippen LogP contribution is -2.38. The van der Waals surface area contributed by atoms with Gasteiger partial charge in [0.15, 0.2) is 5.96 Å². The zero-order chi connectivity index (χ0) is 17.4. The van der Waals surface area contributed by atoms with E-state index in [9.17, 15) is 13.2 Å². The third-order valence-corrected chi connectivity index (χ3v) is 3.30. The van der Waals surface area contributed by atoms with Gasteiger partial charge in [-0.2, -0.15) is 13.2 Å². The summed E-state index contributed by atoms with van der Waals surface area (Å²) < 4.78 is 42.8. The summed E-state index contributed by atoms with van der Waals surface area (Å²) in [5.74, 6) is 1.40. The van der Waals surface area contributed by atoms with Crippen molar-refractivity contribution < 1.29 is 17.6 Å². The fraction of sp³-hybridized carbons (Fsp3) is 0.353. The van der Waals surface area contributed by atoms with E-state index in [4.69, 9.17) is 4.42 Å². The molecule has 0 saturated carbocycles. The van der Waals surface area contributed by atoms with Crippen molar-refractivity contribution in [3.8, 4) is 0 Å². The molecule has 0 aliphatic rings. The Kier molecular flexibility index (Phi) is 8.81. The molecule has 0 radical (unpaired) electrons. The van der Waals surface area contributed by atoms with Crippen molar-refractivity contribution in [2.45, 2.75) is 26.1 Å². The molecule has 0 unspecified atom stereocenters. The first-order chi connectivity index (χ1) is 11.5. The normalized spacial score (nSPS) is 11.8. The van der Waals surface area contributed by atoms with E-state index in [0.29, 0.717) is 32.0 Å². The molecule has 4 nitrogen and oxygen atoms in total. The standard InChI is InChI=1S/C17H20F3N3O.HI/c1-2-21-16(23-12-15-4-3-11-24-15)22-10-9-13-5-7-14(8-6-13)17(18,19)20;/h3-8,11H,2,9-10,12H2,1H3,(H2,21,22,23);1H. The Hall–Kier alpha value is -1.71. The van der Waals surface area contributed by atoms with Crippen LogP contribution in [0.5, 0.6) is 0 Å². The predicted molar refractivity (Wildman–Crippen MR) is 102 cm³/mol. The van der Waals surface area contributed by atoms with Crippen LogP contribution in [-0.2, 0) is 19.1 Å². The summed E-state index contributed by atoms with van der Waals surface area (Å²) in [6.45, 7) is 3.65. The van der Waals surface area contributed by atoms with Gasteiger partial charge in [-0.25, -0.2) is 4.99 Å². The van der Waals surface area contributed by atoms with E-state index < -0.39 is 11.7 Å². The maximum absolute atomic E-state index is 12.5. The van der Waals surface area contributed by atoms with Crippen LogP contribution in [0.3, 0.4) is 0 Å². The van der Waals surface area contributed by atoms with E-state index >= 15 is 0 Å². The fourth-order valence-electron chi connectivity index (χ4n) is 2.09. The molecular formula is C17H21F3IN3O. The van der Waals surface area contributed by atoms with Crippen LogP contribution in [0.4, 0.5) is 13.2 Å². The van der Waals surface area contributed by atoms with Crippen molar-refractivity contribution >= 4 is 29.9 Å². The second-order valence-corrected chi connectivity index (χ2v) is 5.15. The number of aliphatic imine (C=N–C) groups is 1. The highest BCUT2D eigenvalue weighted by Crippen LogP contribution is 2.29. The number of hydrogen-bond donors (Lipinski definition) is 2. The molecule has 2 N–H and O–H groups in total. The third-order valence-electron chi connectivity index (χ3n) is 3.30. The Labute approximate surface area is 161 Å². The molecule has 0 aliphatic carbocycles. The zero-order valence-corrected chi connectivity index (χ0v) is 16.1. The molecule has 1 heterocycles. The molecule has 8 heteroatoms. The minimum atomic E-state index is -4.30. The summed E-state index contributed by atoms with van der Waals surface area (Å²) in [5.41, 5.74) is 0.199. The lowest BCUT2D eigenvalue weighted by Gasteiger charge is -2.11. The second-order valence-electron chi connectivity index (χ2n) is 5.15. The number of hydrogen-bond acceptors (Lipinski definition) is 2. The number of guanidine groups is 1. The van der Waals surface area contributed by atoms with Crippen LogP contribution in [0.15, 0.2) is 52.1 Å². The van der Waals surface area contributed by atoms with Gasteiger partial charge in [0.2, 0.25) is 0 Å². The minimum Gasteiger partial charge on any atom is -0.467 e. The van der Waals surface area contributed by atoms with Gasteiger partial charge in [0.25, 0.3) is 0 Å². The number of alkyl halides is 3. The summed E-state index contributed by atoms with van der Waals surface area (Å²) >= 11 is 0. The van der Waals surface area contributed by atoms with Crippen LogP contribution in [-0.4, -0.2) is 19.0 Å². The number of rotatable bonds is 6. The van der Waals surface area contributed by atoms with E-state index in [-0.39, 0.29) is 24.0 Å². The molecule has 1 aromatic carbocycles. The minimum absolute atomic E-state index is 0. The molecule has 2 aromatic rings. The maximum Gasteiger partial charge on any atom is 0.416 e. The monoisotopic (exact) mass is 467 g/mol. The quantitative estimate of drug-likeness (QED) is 0.380. The molecule has 0 amide bonds. The summed E-state index contributed by atoms with van der Waals surface area (Å²) in [5, 5.41) is 6.26. The first-order valence-electron chi connectivity index (χ1n) is 7.69. The molecule has 0 atom stereocenters. The molecule has 0 saturated heterocycles. The fourth-order valence-corrected chi connectivity index (χ4v) is 2.09. The number of halogens is 4. The Bertz CT molecular complexity index is 640. The van der Waals surface area contributed by atoms with Crippen molar-refractivity contribution in [1.82, 2.24) is 10.6 Å². The lowest BCUT2D eigenvalue weighted by molar-refractivity contribution is -0.137. The van der Waals surface area contributed by atoms with Gasteiger partial charge in [-0.1, -0.05) is 12.1 Å². The molecule has 0 fully saturated rings. The van der Waals surface area contributed by atoms with Gasteiger partial charge in [-0.05, 0) is 43.2 Å². The van der Waals surface area contributed by atoms with Gasteiger partial charge >= 0.3 is 6.18 Å². The van der Waals surface area contributed by atoms with Gasteiger partial charge in [-0.15, -0.1) is 24.0 Å². The van der Waals surface area contributed by atoms with Crippen molar-refractivity contribution in [2.75, 3.05) is 13.1 Å². The Morgan fingerprint density at radius 1 is 1.12 bits per heavy atom. The molecule has 138 valence electrons. The van der Waals surface area contributed by atoms with E-state index in [0.717, 1.165) is 23.5 Å². The van der Waals surface area contributed by atoms with E-state index in [1.165, 1.54) is 12.1 Å². The number of nitrogens with zero attached hydrogens (tertiary/aromatic N) is 1. The van der Waals surface area contributed by atoms with E-state index in [2.05, 4.69) is 15.6 Å². The summed E-state index contributed by atoms with van der Waals surface area (Å²) in [6.07, 6.45) is -2.10. The lowest BCUT2D eigenvalue weighted by atomic mass is 10.1. The topological polar surface area (TPSA) is 49.6 Å². The number of furan rings is 1. The van der Waals surface area contributed by atoms with Gasteiger partial charge in [0.1, 0.15) is 12.3 Å². The summed E-state index contributed by atoms with van der Waals surface area (Å²) in [6, 6.07) is 8.84. The van der Waals surface area contributed by atoms with Crippen LogP contribution in [0.25, 0.3) is 0 Å². The highest BCUT2D eigenvalue weighted by Gasteiger charge is 2.29. The second kappa shape index (κ2) is 10.3. The number of benzene rings is 1. The summed E-state index contributed by atoms with van der Waals surface area (Å²) in [7, 11) is 0. The summed E-state index contributed by atoms with van der Waals surface area (Å²) in [4.78, 5) is 4.39. The van der Waals surface area contributed by atoms with Crippen LogP contribution in [0.1, 0.15) is 23.8 Å². The van der Waals surface area contributed by atoms with Gasteiger partial charge in [-0.3, -0.25) is 0 Å². The van der Waals surface area contributed by atoms with Crippen LogP contribution in [0, 0.1) is 0 Å². The Morgan fingerprint density at radius 2 is 1.84 bits per heavy atom. The highest BCUT2D eigenvalue weighted by atomic mass is 127. The van der Waals surface area contributed by atoms with Crippen LogP contribution < -0.4 is 10.6 Å². The average Bonchev–Trinajstić information content (AvgIpc) is 3.05. The number of nitrogens with one attached hydrogen (secondary N) is 2. The molecule has 0 bridgehead atoms. The molecule has 25 heavy (non-hydrogen) atoms. The smallest absolute Gasteiger partial charge is 0.416 e. The SMILES string of the molecule is CCNC(=NCc1ccco1)NCCc1ccc(C(F)(F)F)cc1.I. The van der Waals surface area contributed by atoms with E-state index in [1.807, 2.05) is 13.0 Å². The van der Waals surface area contributed by atoms with Crippen molar-refractivity contribution in [2.24, 2.45) is 4.99 Å². The molecule has 0 aliphatic heterocycles. The highest BCUT2D eigenvalue weighted by molar-refractivity contribution is 14.0. The zero-order valence-electron chi connectivity index (χ0n) is 13.8. The van der Waals surface area contributed by atoms with Crippen molar-refractivity contribution in [3.05, 3.63) is 59.5 Å². The van der Waals surface area contributed by atoms with E-state index in [1.54, 1.807) is 12.3 Å². The van der Waals surface area contributed by atoms with Crippen LogP contribution in [0.2, 0.25) is 0 Å². The van der Waals surface area contributed by atoms with Crippen molar-refractivity contribution in [1.29, 1.82) is 0 Å². The van der Waals surface area contributed by atoms with Crippen LogP contribution >= 0.6 is 24.0 Å². The van der Waals surface area contributed by atoms with Crippen molar-refractivity contribution in [3.63, 3.8) is 0 Å². The molecule has 1 aromatic heterocycles. The first kappa shape index (κ1) is 21.3. The predicted octanol–water partition coefficient (Wildman–Crippen LogP) is 4.21. The maximum atomic E-state index is 12.5. The molecule has 2 rings (SSSR count).